The molecular formula is C13H25F3N2. The van der Waals surface area contributed by atoms with Gasteiger partial charge in [-0.25, -0.2) is 0 Å². The molecule has 1 N–H and O–H groups in total. The summed E-state index contributed by atoms with van der Waals surface area (Å²) in [4.78, 5) is 1.61. The summed E-state index contributed by atoms with van der Waals surface area (Å²) < 4.78 is 37.9. The summed E-state index contributed by atoms with van der Waals surface area (Å²) in [7, 11) is 0. The second kappa shape index (κ2) is 6.24. The van der Waals surface area contributed by atoms with Crippen LogP contribution in [0.4, 0.5) is 13.2 Å². The van der Waals surface area contributed by atoms with Gasteiger partial charge in [0.1, 0.15) is 0 Å². The molecule has 18 heavy (non-hydrogen) atoms. The average Bonchev–Trinajstić information content (AvgIpc) is 2.17. The van der Waals surface area contributed by atoms with E-state index >= 15 is 0 Å². The molecule has 108 valence electrons. The molecule has 1 heterocycles. The first-order chi connectivity index (χ1) is 8.19. The zero-order valence-corrected chi connectivity index (χ0v) is 11.7. The van der Waals surface area contributed by atoms with Crippen LogP contribution in [-0.2, 0) is 0 Å². The Morgan fingerprint density at radius 3 is 2.28 bits per heavy atom. The Morgan fingerprint density at radius 2 is 1.83 bits per heavy atom. The van der Waals surface area contributed by atoms with Crippen molar-refractivity contribution in [3.05, 3.63) is 0 Å². The molecule has 0 bridgehead atoms. The van der Waals surface area contributed by atoms with Crippen LogP contribution in [0.15, 0.2) is 0 Å². The Labute approximate surface area is 108 Å². The SMILES string of the molecule is CC(C)CC1CNC(C(C)C)CN1CC(F)(F)F. The van der Waals surface area contributed by atoms with Crippen LogP contribution in [0.5, 0.6) is 0 Å². The summed E-state index contributed by atoms with van der Waals surface area (Å²) in [5, 5.41) is 3.38. The lowest BCUT2D eigenvalue weighted by Gasteiger charge is -2.42. The molecule has 0 radical (unpaired) electrons. The van der Waals surface area contributed by atoms with Gasteiger partial charge in [-0.3, -0.25) is 4.90 Å². The molecule has 0 aliphatic carbocycles. The quantitative estimate of drug-likeness (QED) is 0.841. The zero-order valence-electron chi connectivity index (χ0n) is 11.7. The normalized spacial score (nSPS) is 27.2. The van der Waals surface area contributed by atoms with E-state index in [2.05, 4.69) is 19.2 Å². The van der Waals surface area contributed by atoms with Crippen molar-refractivity contribution in [2.75, 3.05) is 19.6 Å². The third-order valence-corrected chi connectivity index (χ3v) is 3.49. The fraction of sp³-hybridized carbons (Fsp3) is 1.00. The number of nitrogens with zero attached hydrogens (tertiary/aromatic N) is 1. The van der Waals surface area contributed by atoms with E-state index in [-0.39, 0.29) is 12.1 Å². The van der Waals surface area contributed by atoms with Gasteiger partial charge >= 0.3 is 6.18 Å². The Balaban J connectivity index is 2.66. The van der Waals surface area contributed by atoms with Crippen molar-refractivity contribution in [1.82, 2.24) is 10.2 Å². The van der Waals surface area contributed by atoms with Gasteiger partial charge in [-0.1, -0.05) is 27.7 Å². The number of halogens is 3. The fourth-order valence-electron chi connectivity index (χ4n) is 2.53. The van der Waals surface area contributed by atoms with E-state index in [1.807, 2.05) is 13.8 Å². The van der Waals surface area contributed by atoms with Gasteiger partial charge in [-0.2, -0.15) is 13.2 Å². The Hall–Kier alpha value is -0.290. The molecule has 1 saturated heterocycles. The Morgan fingerprint density at radius 1 is 1.22 bits per heavy atom. The van der Waals surface area contributed by atoms with Gasteiger partial charge in [-0.05, 0) is 18.3 Å². The zero-order chi connectivity index (χ0) is 13.9. The molecule has 0 aromatic heterocycles. The first-order valence-electron chi connectivity index (χ1n) is 6.73. The van der Waals surface area contributed by atoms with Crippen LogP contribution in [0.3, 0.4) is 0 Å². The minimum atomic E-state index is -4.10. The molecule has 1 rings (SSSR count). The summed E-state index contributed by atoms with van der Waals surface area (Å²) in [6.45, 7) is 8.58. The minimum absolute atomic E-state index is 0.00150. The van der Waals surface area contributed by atoms with Gasteiger partial charge in [0.15, 0.2) is 0 Å². The predicted octanol–water partition coefficient (Wildman–Crippen LogP) is 2.89. The largest absolute Gasteiger partial charge is 0.401 e. The molecule has 1 aliphatic rings. The molecule has 0 saturated carbocycles. The monoisotopic (exact) mass is 266 g/mol. The van der Waals surface area contributed by atoms with Gasteiger partial charge < -0.3 is 5.32 Å². The number of alkyl halides is 3. The summed E-state index contributed by atoms with van der Waals surface area (Å²) >= 11 is 0. The van der Waals surface area contributed by atoms with Gasteiger partial charge in [0.25, 0.3) is 0 Å². The molecule has 1 fully saturated rings. The maximum Gasteiger partial charge on any atom is 0.401 e. The van der Waals surface area contributed by atoms with Crippen molar-refractivity contribution in [2.24, 2.45) is 11.8 Å². The number of rotatable bonds is 4. The van der Waals surface area contributed by atoms with Crippen LogP contribution in [0.2, 0.25) is 0 Å². The van der Waals surface area contributed by atoms with Crippen molar-refractivity contribution >= 4 is 0 Å². The molecular weight excluding hydrogens is 241 g/mol. The van der Waals surface area contributed by atoms with E-state index in [9.17, 15) is 13.2 Å². The number of nitrogens with one attached hydrogen (secondary N) is 1. The minimum Gasteiger partial charge on any atom is -0.311 e. The average molecular weight is 266 g/mol. The molecule has 2 unspecified atom stereocenters. The van der Waals surface area contributed by atoms with Crippen LogP contribution in [-0.4, -0.2) is 42.8 Å². The first-order valence-corrected chi connectivity index (χ1v) is 6.73. The van der Waals surface area contributed by atoms with Crippen LogP contribution < -0.4 is 5.32 Å². The lowest BCUT2D eigenvalue weighted by atomic mass is 9.95. The summed E-state index contributed by atoms with van der Waals surface area (Å²) in [5.74, 6) is 0.781. The highest BCUT2D eigenvalue weighted by atomic mass is 19.4. The second-order valence-electron chi connectivity index (χ2n) is 6.09. The third kappa shape index (κ3) is 5.14. The van der Waals surface area contributed by atoms with Crippen molar-refractivity contribution < 1.29 is 13.2 Å². The molecule has 2 atom stereocenters. The topological polar surface area (TPSA) is 15.3 Å². The highest BCUT2D eigenvalue weighted by Gasteiger charge is 2.37. The molecule has 5 heteroatoms. The summed E-state index contributed by atoms with van der Waals surface area (Å²) in [6.07, 6.45) is -3.29. The highest BCUT2D eigenvalue weighted by molar-refractivity contribution is 4.88. The van der Waals surface area contributed by atoms with E-state index in [0.29, 0.717) is 24.9 Å². The maximum absolute atomic E-state index is 12.6. The Kier molecular flexibility index (Phi) is 5.46. The third-order valence-electron chi connectivity index (χ3n) is 3.49. The molecule has 0 amide bonds. The van der Waals surface area contributed by atoms with Crippen molar-refractivity contribution in [2.45, 2.75) is 52.4 Å². The number of hydrogen-bond acceptors (Lipinski definition) is 2. The molecule has 1 aliphatic heterocycles. The van der Waals surface area contributed by atoms with Crippen molar-refractivity contribution in [3.8, 4) is 0 Å². The maximum atomic E-state index is 12.6. The number of piperazine rings is 1. The van der Waals surface area contributed by atoms with Gasteiger partial charge in [0.05, 0.1) is 6.54 Å². The van der Waals surface area contributed by atoms with Crippen LogP contribution in [0, 0.1) is 11.8 Å². The van der Waals surface area contributed by atoms with Crippen LogP contribution >= 0.6 is 0 Å². The van der Waals surface area contributed by atoms with E-state index in [1.54, 1.807) is 4.90 Å². The second-order valence-corrected chi connectivity index (χ2v) is 6.09. The molecule has 0 spiro atoms. The predicted molar refractivity (Wildman–Crippen MR) is 67.5 cm³/mol. The molecule has 2 nitrogen and oxygen atoms in total. The lowest BCUT2D eigenvalue weighted by Crippen LogP contribution is -2.60. The van der Waals surface area contributed by atoms with E-state index in [1.165, 1.54) is 0 Å². The first kappa shape index (κ1) is 15.8. The molecule has 0 aromatic carbocycles. The van der Waals surface area contributed by atoms with Crippen molar-refractivity contribution in [3.63, 3.8) is 0 Å². The van der Waals surface area contributed by atoms with Crippen molar-refractivity contribution in [1.29, 1.82) is 0 Å². The smallest absolute Gasteiger partial charge is 0.311 e. The van der Waals surface area contributed by atoms with E-state index < -0.39 is 12.7 Å². The summed E-state index contributed by atoms with van der Waals surface area (Å²) in [6, 6.07) is 0.164. The molecule has 0 aromatic rings. The van der Waals surface area contributed by atoms with E-state index in [0.717, 1.165) is 6.42 Å². The fourth-order valence-corrected chi connectivity index (χ4v) is 2.53. The van der Waals surface area contributed by atoms with Crippen LogP contribution in [0.1, 0.15) is 34.1 Å². The number of hydrogen-bond donors (Lipinski definition) is 1. The van der Waals surface area contributed by atoms with E-state index in [4.69, 9.17) is 0 Å². The highest BCUT2D eigenvalue weighted by Crippen LogP contribution is 2.23. The Bertz CT molecular complexity index is 251. The lowest BCUT2D eigenvalue weighted by molar-refractivity contribution is -0.155. The van der Waals surface area contributed by atoms with Gasteiger partial charge in [-0.15, -0.1) is 0 Å². The van der Waals surface area contributed by atoms with Crippen LogP contribution in [0.25, 0.3) is 0 Å². The standard InChI is InChI=1S/C13H25F3N2/c1-9(2)5-11-6-17-12(10(3)4)7-18(11)8-13(14,15)16/h9-12,17H,5-8H2,1-4H3. The van der Waals surface area contributed by atoms with Gasteiger partial charge in [0.2, 0.25) is 0 Å². The summed E-state index contributed by atoms with van der Waals surface area (Å²) in [5.41, 5.74) is 0. The van der Waals surface area contributed by atoms with Gasteiger partial charge in [0, 0.05) is 25.2 Å².